The van der Waals surface area contributed by atoms with Gasteiger partial charge in [-0.1, -0.05) is 36.4 Å². The molecule has 0 atom stereocenters. The lowest BCUT2D eigenvalue weighted by molar-refractivity contribution is -0.121. The summed E-state index contributed by atoms with van der Waals surface area (Å²) in [6, 6.07) is 15.5. The maximum Gasteiger partial charge on any atom is 0.417 e. The predicted octanol–water partition coefficient (Wildman–Crippen LogP) is 2.41. The van der Waals surface area contributed by atoms with Crippen molar-refractivity contribution in [1.29, 1.82) is 0 Å². The van der Waals surface area contributed by atoms with E-state index in [4.69, 9.17) is 4.42 Å². The van der Waals surface area contributed by atoms with E-state index in [0.717, 1.165) is 17.5 Å². The zero-order valence-corrected chi connectivity index (χ0v) is 12.7. The number of amides is 1. The van der Waals surface area contributed by atoms with Crippen LogP contribution in [0.25, 0.3) is 11.1 Å². The summed E-state index contributed by atoms with van der Waals surface area (Å²) in [5.41, 5.74) is 3.41. The highest BCUT2D eigenvalue weighted by Crippen LogP contribution is 2.12. The first-order valence-electron chi connectivity index (χ1n) is 7.63. The topological polar surface area (TPSA) is 75.1 Å². The molecule has 0 radical (unpaired) electrons. The van der Waals surface area contributed by atoms with Gasteiger partial charge in [-0.25, -0.2) is 4.79 Å². The molecule has 118 valence electrons. The van der Waals surface area contributed by atoms with Crippen LogP contribution in [0.3, 0.4) is 0 Å². The van der Waals surface area contributed by atoms with Crippen molar-refractivity contribution in [3.63, 3.8) is 0 Å². The SMILES string of the molecule is O=C(CCc1ccccc1)NCCc1ccc2[nH]c(=O)oc2c1. The Bertz CT molecular complexity index is 849. The monoisotopic (exact) mass is 310 g/mol. The molecular weight excluding hydrogens is 292 g/mol. The average molecular weight is 310 g/mol. The van der Waals surface area contributed by atoms with Crippen LogP contribution in [0.4, 0.5) is 0 Å². The van der Waals surface area contributed by atoms with E-state index < -0.39 is 5.76 Å². The molecule has 0 bridgehead atoms. The number of H-pyrrole nitrogens is 1. The Morgan fingerprint density at radius 2 is 1.87 bits per heavy atom. The fraction of sp³-hybridized carbons (Fsp3) is 0.222. The quantitative estimate of drug-likeness (QED) is 0.734. The normalized spacial score (nSPS) is 10.8. The number of fused-ring (bicyclic) bond motifs is 1. The highest BCUT2D eigenvalue weighted by molar-refractivity contribution is 5.76. The van der Waals surface area contributed by atoms with E-state index in [1.807, 2.05) is 48.5 Å². The fourth-order valence-electron chi connectivity index (χ4n) is 2.48. The third-order valence-electron chi connectivity index (χ3n) is 3.70. The van der Waals surface area contributed by atoms with Gasteiger partial charge >= 0.3 is 5.76 Å². The van der Waals surface area contributed by atoms with E-state index >= 15 is 0 Å². The molecule has 0 saturated heterocycles. The number of carbonyl (C=O) groups excluding carboxylic acids is 1. The van der Waals surface area contributed by atoms with Crippen molar-refractivity contribution in [2.75, 3.05) is 6.54 Å². The molecule has 23 heavy (non-hydrogen) atoms. The van der Waals surface area contributed by atoms with Gasteiger partial charge in [-0.15, -0.1) is 0 Å². The predicted molar refractivity (Wildman–Crippen MR) is 88.3 cm³/mol. The third-order valence-corrected chi connectivity index (χ3v) is 3.70. The molecule has 0 aliphatic rings. The van der Waals surface area contributed by atoms with E-state index in [2.05, 4.69) is 10.3 Å². The number of benzene rings is 2. The average Bonchev–Trinajstić information content (AvgIpc) is 2.93. The van der Waals surface area contributed by atoms with Crippen LogP contribution < -0.4 is 11.1 Å². The molecule has 0 fully saturated rings. The highest BCUT2D eigenvalue weighted by Gasteiger charge is 2.04. The maximum absolute atomic E-state index is 11.8. The lowest BCUT2D eigenvalue weighted by atomic mass is 10.1. The first-order chi connectivity index (χ1) is 11.2. The summed E-state index contributed by atoms with van der Waals surface area (Å²) in [7, 11) is 0. The molecule has 0 spiro atoms. The van der Waals surface area contributed by atoms with Gasteiger partial charge in [0.15, 0.2) is 5.58 Å². The largest absolute Gasteiger partial charge is 0.417 e. The molecule has 1 heterocycles. The van der Waals surface area contributed by atoms with Crippen LogP contribution in [0, 0.1) is 0 Å². The zero-order chi connectivity index (χ0) is 16.1. The van der Waals surface area contributed by atoms with Crippen LogP contribution >= 0.6 is 0 Å². The van der Waals surface area contributed by atoms with E-state index in [-0.39, 0.29) is 5.91 Å². The molecule has 0 saturated carbocycles. The Morgan fingerprint density at radius 3 is 2.70 bits per heavy atom. The first-order valence-corrected chi connectivity index (χ1v) is 7.63. The minimum Gasteiger partial charge on any atom is -0.408 e. The van der Waals surface area contributed by atoms with Crippen molar-refractivity contribution >= 4 is 17.0 Å². The number of aryl methyl sites for hydroxylation is 1. The van der Waals surface area contributed by atoms with Crippen molar-refractivity contribution in [2.45, 2.75) is 19.3 Å². The Morgan fingerprint density at radius 1 is 1.04 bits per heavy atom. The van der Waals surface area contributed by atoms with Crippen LogP contribution in [0.2, 0.25) is 0 Å². The summed E-state index contributed by atoms with van der Waals surface area (Å²) in [6.07, 6.45) is 1.92. The van der Waals surface area contributed by atoms with Gasteiger partial charge in [0, 0.05) is 13.0 Å². The van der Waals surface area contributed by atoms with Crippen LogP contribution in [-0.4, -0.2) is 17.4 Å². The van der Waals surface area contributed by atoms with Crippen LogP contribution in [0.5, 0.6) is 0 Å². The lowest BCUT2D eigenvalue weighted by Gasteiger charge is -2.05. The Kier molecular flexibility index (Phi) is 4.57. The number of hydrogen-bond acceptors (Lipinski definition) is 3. The molecule has 5 heteroatoms. The van der Waals surface area contributed by atoms with E-state index in [1.165, 1.54) is 0 Å². The third kappa shape index (κ3) is 4.10. The summed E-state index contributed by atoms with van der Waals surface area (Å²) < 4.78 is 5.03. The minimum absolute atomic E-state index is 0.0445. The summed E-state index contributed by atoms with van der Waals surface area (Å²) >= 11 is 0. The van der Waals surface area contributed by atoms with E-state index in [1.54, 1.807) is 0 Å². The highest BCUT2D eigenvalue weighted by atomic mass is 16.4. The number of carbonyl (C=O) groups is 1. The van der Waals surface area contributed by atoms with Crippen molar-refractivity contribution in [1.82, 2.24) is 10.3 Å². The van der Waals surface area contributed by atoms with Gasteiger partial charge in [0.05, 0.1) is 5.52 Å². The van der Waals surface area contributed by atoms with Crippen LogP contribution in [0.15, 0.2) is 57.7 Å². The van der Waals surface area contributed by atoms with Gasteiger partial charge in [-0.05, 0) is 36.1 Å². The van der Waals surface area contributed by atoms with Gasteiger partial charge in [-0.2, -0.15) is 0 Å². The van der Waals surface area contributed by atoms with E-state index in [9.17, 15) is 9.59 Å². The number of hydrogen-bond donors (Lipinski definition) is 2. The second kappa shape index (κ2) is 6.96. The van der Waals surface area contributed by atoms with Gasteiger partial charge in [0.1, 0.15) is 0 Å². The summed E-state index contributed by atoms with van der Waals surface area (Å²) in [4.78, 5) is 25.6. The minimum atomic E-state index is -0.452. The lowest BCUT2D eigenvalue weighted by Crippen LogP contribution is -2.25. The Labute approximate surface area is 133 Å². The standard InChI is InChI=1S/C18H18N2O3/c21-17(9-7-13-4-2-1-3-5-13)19-11-10-14-6-8-15-16(12-14)23-18(22)20-15/h1-6,8,12H,7,9-11H2,(H,19,21)(H,20,22). The van der Waals surface area contributed by atoms with Gasteiger partial charge < -0.3 is 9.73 Å². The number of rotatable bonds is 6. The number of aromatic amines is 1. The molecule has 3 aromatic rings. The Balaban J connectivity index is 1.46. The van der Waals surface area contributed by atoms with Crippen LogP contribution in [0.1, 0.15) is 17.5 Å². The van der Waals surface area contributed by atoms with Crippen molar-refractivity contribution in [3.05, 3.63) is 70.2 Å². The van der Waals surface area contributed by atoms with Crippen molar-refractivity contribution in [2.24, 2.45) is 0 Å². The van der Waals surface area contributed by atoms with Crippen LogP contribution in [-0.2, 0) is 17.6 Å². The summed E-state index contributed by atoms with van der Waals surface area (Å²) in [6.45, 7) is 0.563. The molecule has 0 aliphatic carbocycles. The smallest absolute Gasteiger partial charge is 0.408 e. The molecule has 5 nitrogen and oxygen atoms in total. The Hall–Kier alpha value is -2.82. The van der Waals surface area contributed by atoms with Crippen molar-refractivity contribution < 1.29 is 9.21 Å². The fourth-order valence-corrected chi connectivity index (χ4v) is 2.48. The molecule has 1 amide bonds. The van der Waals surface area contributed by atoms with Gasteiger partial charge in [0.2, 0.25) is 5.91 Å². The number of nitrogens with one attached hydrogen (secondary N) is 2. The molecule has 0 unspecified atom stereocenters. The number of oxazole rings is 1. The molecule has 2 N–H and O–H groups in total. The first kappa shape index (κ1) is 15.1. The maximum atomic E-state index is 11.8. The zero-order valence-electron chi connectivity index (χ0n) is 12.7. The van der Waals surface area contributed by atoms with E-state index in [0.29, 0.717) is 30.5 Å². The second-order valence-corrected chi connectivity index (χ2v) is 5.43. The van der Waals surface area contributed by atoms with Gasteiger partial charge in [0.25, 0.3) is 0 Å². The molecule has 3 rings (SSSR count). The summed E-state index contributed by atoms with van der Waals surface area (Å²) in [5, 5.41) is 2.92. The molecule has 1 aromatic heterocycles. The molecule has 0 aliphatic heterocycles. The van der Waals surface area contributed by atoms with Gasteiger partial charge in [-0.3, -0.25) is 9.78 Å². The number of aromatic nitrogens is 1. The molecule has 2 aromatic carbocycles. The van der Waals surface area contributed by atoms with Crippen molar-refractivity contribution in [3.8, 4) is 0 Å². The second-order valence-electron chi connectivity index (χ2n) is 5.43. The summed E-state index contributed by atoms with van der Waals surface area (Å²) in [5.74, 6) is -0.408. The molecular formula is C18H18N2O3.